The molecule has 18 heavy (non-hydrogen) atoms. The van der Waals surface area contributed by atoms with Crippen molar-refractivity contribution in [2.45, 2.75) is 0 Å². The van der Waals surface area contributed by atoms with Gasteiger partial charge >= 0.3 is 0 Å². The summed E-state index contributed by atoms with van der Waals surface area (Å²) < 4.78 is 1.44. The van der Waals surface area contributed by atoms with Crippen molar-refractivity contribution in [3.63, 3.8) is 0 Å². The van der Waals surface area contributed by atoms with Gasteiger partial charge in [0.2, 0.25) is 11.6 Å². The molecule has 94 valence electrons. The number of thiazole rings is 1. The molecule has 4 N–H and O–H groups in total. The zero-order chi connectivity index (χ0) is 13.3. The molecule has 2 rings (SSSR count). The molecule has 0 aliphatic carbocycles. The predicted octanol–water partition coefficient (Wildman–Crippen LogP) is 1.98. The second-order valence-corrected chi connectivity index (χ2v) is 4.79. The summed E-state index contributed by atoms with van der Waals surface area (Å²) in [6, 6.07) is 2.57. The summed E-state index contributed by atoms with van der Waals surface area (Å²) in [6.45, 7) is 0. The molecule has 0 saturated carbocycles. The first-order valence-electron chi connectivity index (χ1n) is 4.68. The number of hydrogen-bond donors (Lipinski definition) is 4. The normalized spacial score (nSPS) is 11.1. The topological polar surface area (TPSA) is 98.2 Å². The predicted molar refractivity (Wildman–Crippen MR) is 69.2 cm³/mol. The molecular formula is C10H8N2O4S2. The molecule has 0 aliphatic heterocycles. The monoisotopic (exact) mass is 284 g/mol. The molecule has 0 saturated heterocycles. The van der Waals surface area contributed by atoms with Crippen LogP contribution < -0.4 is 0 Å². The van der Waals surface area contributed by atoms with Gasteiger partial charge in [-0.1, -0.05) is 0 Å². The molecule has 0 fully saturated rings. The maximum Gasteiger partial charge on any atom is 0.224 e. The molecule has 0 unspecified atom stereocenters. The Balaban J connectivity index is 2.41. The van der Waals surface area contributed by atoms with E-state index in [0.29, 0.717) is 3.95 Å². The van der Waals surface area contributed by atoms with Gasteiger partial charge in [0.05, 0.1) is 11.6 Å². The first-order valence-corrected chi connectivity index (χ1v) is 5.97. The number of aromatic nitrogens is 1. The molecule has 0 bridgehead atoms. The van der Waals surface area contributed by atoms with Gasteiger partial charge in [0.1, 0.15) is 0 Å². The highest BCUT2D eigenvalue weighted by Gasteiger charge is 2.09. The van der Waals surface area contributed by atoms with E-state index in [4.69, 9.17) is 17.3 Å². The van der Waals surface area contributed by atoms with E-state index < -0.39 is 17.2 Å². The molecule has 6 nitrogen and oxygen atoms in total. The average Bonchev–Trinajstić information content (AvgIpc) is 2.66. The lowest BCUT2D eigenvalue weighted by Gasteiger charge is -2.03. The Kier molecular flexibility index (Phi) is 3.21. The lowest BCUT2D eigenvalue weighted by Crippen LogP contribution is -1.90. The summed E-state index contributed by atoms with van der Waals surface area (Å²) in [5.41, 5.74) is 0.179. The Morgan fingerprint density at radius 2 is 1.89 bits per heavy atom. The SMILES string of the molecule is Oc1ccc(/C=N/n2c(O)csc2=S)c(O)c1O. The van der Waals surface area contributed by atoms with Crippen molar-refractivity contribution in [1.82, 2.24) is 4.68 Å². The van der Waals surface area contributed by atoms with E-state index in [1.54, 1.807) is 0 Å². The molecule has 0 atom stereocenters. The Hall–Kier alpha value is -2.06. The van der Waals surface area contributed by atoms with E-state index in [1.807, 2.05) is 0 Å². The second kappa shape index (κ2) is 4.67. The number of phenols is 3. The van der Waals surface area contributed by atoms with Crippen molar-refractivity contribution in [3.05, 3.63) is 27.0 Å². The van der Waals surface area contributed by atoms with Gasteiger partial charge in [-0.25, -0.2) is 0 Å². The number of aromatic hydroxyl groups is 4. The van der Waals surface area contributed by atoms with Crippen molar-refractivity contribution >= 4 is 29.8 Å². The van der Waals surface area contributed by atoms with Gasteiger partial charge in [0.15, 0.2) is 15.5 Å². The van der Waals surface area contributed by atoms with E-state index in [0.717, 1.165) is 16.0 Å². The molecule has 1 heterocycles. The minimum Gasteiger partial charge on any atom is -0.504 e. The zero-order valence-electron chi connectivity index (χ0n) is 8.81. The Morgan fingerprint density at radius 3 is 2.50 bits per heavy atom. The largest absolute Gasteiger partial charge is 0.504 e. The number of rotatable bonds is 2. The van der Waals surface area contributed by atoms with Gasteiger partial charge in [-0.2, -0.15) is 9.78 Å². The van der Waals surface area contributed by atoms with Crippen LogP contribution in [0.5, 0.6) is 23.1 Å². The van der Waals surface area contributed by atoms with Crippen molar-refractivity contribution in [2.24, 2.45) is 5.10 Å². The molecule has 0 spiro atoms. The Morgan fingerprint density at radius 1 is 1.17 bits per heavy atom. The lowest BCUT2D eigenvalue weighted by molar-refractivity contribution is 0.367. The zero-order valence-corrected chi connectivity index (χ0v) is 10.4. The molecule has 1 aromatic carbocycles. The maximum atomic E-state index is 9.55. The Labute approximate surface area is 110 Å². The van der Waals surface area contributed by atoms with Crippen molar-refractivity contribution in [2.75, 3.05) is 0 Å². The standard InChI is InChI=1S/C10H8N2O4S2/c13-6-2-1-5(8(15)9(6)16)3-11-12-7(14)4-18-10(12)17/h1-4,13-16H/b11-3+. The van der Waals surface area contributed by atoms with Gasteiger partial charge in [-0.3, -0.25) is 0 Å². The van der Waals surface area contributed by atoms with Crippen LogP contribution in [0.2, 0.25) is 0 Å². The summed E-state index contributed by atoms with van der Waals surface area (Å²) >= 11 is 6.06. The summed E-state index contributed by atoms with van der Waals surface area (Å²) in [4.78, 5) is 0. The fraction of sp³-hybridized carbons (Fsp3) is 0. The summed E-state index contributed by atoms with van der Waals surface area (Å²) in [6.07, 6.45) is 1.21. The summed E-state index contributed by atoms with van der Waals surface area (Å²) in [5, 5.41) is 42.7. The van der Waals surface area contributed by atoms with Crippen LogP contribution in [-0.2, 0) is 0 Å². The highest BCUT2D eigenvalue weighted by molar-refractivity contribution is 7.73. The van der Waals surface area contributed by atoms with Gasteiger partial charge in [0, 0.05) is 5.56 Å². The maximum absolute atomic E-state index is 9.55. The number of phenolic OH excluding ortho intramolecular Hbond substituents is 3. The van der Waals surface area contributed by atoms with Gasteiger partial charge in [-0.05, 0) is 24.4 Å². The molecule has 2 aromatic rings. The fourth-order valence-electron chi connectivity index (χ4n) is 1.21. The molecule has 1 aromatic heterocycles. The minimum absolute atomic E-state index is 0.122. The van der Waals surface area contributed by atoms with Crippen molar-refractivity contribution < 1.29 is 20.4 Å². The van der Waals surface area contributed by atoms with Gasteiger partial charge in [-0.15, -0.1) is 11.3 Å². The quantitative estimate of drug-likeness (QED) is 0.384. The molecule has 0 radical (unpaired) electrons. The van der Waals surface area contributed by atoms with Gasteiger partial charge < -0.3 is 20.4 Å². The van der Waals surface area contributed by atoms with E-state index in [-0.39, 0.29) is 11.4 Å². The van der Waals surface area contributed by atoms with E-state index in [9.17, 15) is 15.3 Å². The highest BCUT2D eigenvalue weighted by atomic mass is 32.1. The van der Waals surface area contributed by atoms with Crippen LogP contribution in [0.4, 0.5) is 0 Å². The van der Waals surface area contributed by atoms with E-state index in [2.05, 4.69) is 5.10 Å². The molecule has 0 amide bonds. The van der Waals surface area contributed by atoms with Crippen LogP contribution in [0.1, 0.15) is 5.56 Å². The van der Waals surface area contributed by atoms with Crippen LogP contribution in [0.3, 0.4) is 0 Å². The second-order valence-electron chi connectivity index (χ2n) is 3.29. The number of nitrogens with zero attached hydrogens (tertiary/aromatic N) is 2. The van der Waals surface area contributed by atoms with Crippen LogP contribution in [0.15, 0.2) is 22.6 Å². The number of hydrogen-bond acceptors (Lipinski definition) is 7. The number of benzene rings is 1. The third kappa shape index (κ3) is 2.15. The van der Waals surface area contributed by atoms with Crippen molar-refractivity contribution in [3.8, 4) is 23.1 Å². The minimum atomic E-state index is -0.628. The van der Waals surface area contributed by atoms with Crippen LogP contribution in [-0.4, -0.2) is 31.3 Å². The third-order valence-corrected chi connectivity index (χ3v) is 3.29. The molecule has 0 aliphatic rings. The summed E-state index contributed by atoms with van der Waals surface area (Å²) in [5.74, 6) is -1.68. The Bertz CT molecular complexity index is 675. The van der Waals surface area contributed by atoms with Crippen LogP contribution in [0, 0.1) is 3.95 Å². The van der Waals surface area contributed by atoms with Crippen LogP contribution >= 0.6 is 23.6 Å². The first kappa shape index (κ1) is 12.4. The van der Waals surface area contributed by atoms with Crippen LogP contribution in [0.25, 0.3) is 0 Å². The fourth-order valence-corrected chi connectivity index (χ4v) is 2.04. The van der Waals surface area contributed by atoms with Crippen molar-refractivity contribution in [1.29, 1.82) is 0 Å². The van der Waals surface area contributed by atoms with E-state index >= 15 is 0 Å². The smallest absolute Gasteiger partial charge is 0.224 e. The lowest BCUT2D eigenvalue weighted by atomic mass is 10.2. The highest BCUT2D eigenvalue weighted by Crippen LogP contribution is 2.36. The average molecular weight is 284 g/mol. The molecular weight excluding hydrogens is 276 g/mol. The summed E-state index contributed by atoms with van der Waals surface area (Å²) in [7, 11) is 0. The molecule has 8 heteroatoms. The first-order chi connectivity index (χ1) is 8.50. The third-order valence-electron chi connectivity index (χ3n) is 2.13. The van der Waals surface area contributed by atoms with E-state index in [1.165, 1.54) is 23.7 Å². The van der Waals surface area contributed by atoms with Gasteiger partial charge in [0.25, 0.3) is 0 Å².